The van der Waals surface area contributed by atoms with E-state index in [0.717, 1.165) is 21.9 Å². The first-order valence-corrected chi connectivity index (χ1v) is 13.1. The smallest absolute Gasteiger partial charge is 0.411 e. The van der Waals surface area contributed by atoms with E-state index in [2.05, 4.69) is 15.3 Å². The molecule has 2 aromatic carbocycles. The predicted octanol–water partition coefficient (Wildman–Crippen LogP) is 5.15. The van der Waals surface area contributed by atoms with E-state index >= 15 is 0 Å². The third-order valence-electron chi connectivity index (χ3n) is 6.96. The van der Waals surface area contributed by atoms with E-state index in [0.29, 0.717) is 52.1 Å². The van der Waals surface area contributed by atoms with E-state index < -0.39 is 6.09 Å². The van der Waals surface area contributed by atoms with Crippen LogP contribution in [0.3, 0.4) is 0 Å². The molecule has 40 heavy (non-hydrogen) atoms. The number of carbonyl (C=O) groups is 1. The number of anilines is 1. The van der Waals surface area contributed by atoms with Gasteiger partial charge in [0.2, 0.25) is 0 Å². The minimum absolute atomic E-state index is 0.207. The first-order valence-electron chi connectivity index (χ1n) is 12.3. The lowest BCUT2D eigenvalue weighted by Gasteiger charge is -2.14. The summed E-state index contributed by atoms with van der Waals surface area (Å²) in [6.07, 6.45) is 1.77. The summed E-state index contributed by atoms with van der Waals surface area (Å²) in [7, 11) is 1.49. The lowest BCUT2D eigenvalue weighted by molar-refractivity contribution is 0.203. The molecule has 11 nitrogen and oxygen atoms in total. The first-order chi connectivity index (χ1) is 19.2. The van der Waals surface area contributed by atoms with Crippen LogP contribution in [0, 0.1) is 6.92 Å². The normalized spacial score (nSPS) is 14.3. The highest BCUT2D eigenvalue weighted by atomic mass is 35.5. The van der Waals surface area contributed by atoms with Crippen LogP contribution in [-0.2, 0) is 6.42 Å². The number of rotatable bonds is 5. The molecule has 2 N–H and O–H groups in total. The first kappa shape index (κ1) is 25.8. The summed E-state index contributed by atoms with van der Waals surface area (Å²) in [5, 5.41) is 17.8. The summed E-state index contributed by atoms with van der Waals surface area (Å²) in [5.74, 6) is 1.31. The van der Waals surface area contributed by atoms with Crippen molar-refractivity contribution in [1.29, 1.82) is 0 Å². The highest BCUT2D eigenvalue weighted by molar-refractivity contribution is 6.31. The van der Waals surface area contributed by atoms with Gasteiger partial charge in [-0.3, -0.25) is 14.3 Å². The zero-order valence-electron chi connectivity index (χ0n) is 21.3. The Kier molecular flexibility index (Phi) is 6.40. The quantitative estimate of drug-likeness (QED) is 0.295. The molecule has 3 aromatic heterocycles. The van der Waals surface area contributed by atoms with Gasteiger partial charge in [-0.2, -0.15) is 0 Å². The van der Waals surface area contributed by atoms with Gasteiger partial charge in [0.05, 0.1) is 29.3 Å². The number of H-pyrrole nitrogens is 1. The Labute approximate surface area is 237 Å². The van der Waals surface area contributed by atoms with Gasteiger partial charge >= 0.3 is 6.09 Å². The summed E-state index contributed by atoms with van der Waals surface area (Å²) < 4.78 is 3.19. The molecule has 0 spiro atoms. The van der Waals surface area contributed by atoms with Crippen molar-refractivity contribution in [3.63, 3.8) is 0 Å². The van der Waals surface area contributed by atoms with Crippen molar-refractivity contribution in [2.75, 3.05) is 11.9 Å². The number of halogens is 2. The second-order valence-electron chi connectivity index (χ2n) is 9.45. The van der Waals surface area contributed by atoms with Gasteiger partial charge in [0.25, 0.3) is 5.56 Å². The number of aromatic amines is 1. The van der Waals surface area contributed by atoms with E-state index in [1.807, 2.05) is 19.1 Å². The molecule has 13 heteroatoms. The minimum Gasteiger partial charge on any atom is -0.465 e. The number of nitrogens with one attached hydrogen (secondary N) is 1. The number of nitrogens with zero attached hydrogens (tertiary/aromatic N) is 7. The molecule has 1 aliphatic rings. The molecular formula is C27H22Cl2N8O3. The maximum absolute atomic E-state index is 13.5. The maximum Gasteiger partial charge on any atom is 0.411 e. The Morgan fingerprint density at radius 3 is 2.60 bits per heavy atom. The Balaban J connectivity index is 1.35. The lowest BCUT2D eigenvalue weighted by atomic mass is 10.1. The molecule has 202 valence electrons. The number of aromatic nitrogens is 7. The number of imidazole rings is 1. The zero-order valence-corrected chi connectivity index (χ0v) is 22.8. The molecule has 6 rings (SSSR count). The molecule has 5 aromatic rings. The van der Waals surface area contributed by atoms with Crippen molar-refractivity contribution >= 4 is 35.0 Å². The maximum atomic E-state index is 13.5. The number of amides is 1. The molecule has 0 bridgehead atoms. The Hall–Kier alpha value is -4.48. The van der Waals surface area contributed by atoms with Crippen LogP contribution < -0.4 is 10.5 Å². The summed E-state index contributed by atoms with van der Waals surface area (Å²) in [4.78, 5) is 38.9. The predicted molar refractivity (Wildman–Crippen MR) is 151 cm³/mol. The molecule has 0 aliphatic carbocycles. The number of carboxylic acid groups (broad SMARTS) is 1. The summed E-state index contributed by atoms with van der Waals surface area (Å²) in [6, 6.07) is 13.5. The van der Waals surface area contributed by atoms with Gasteiger partial charge in [0.15, 0.2) is 5.15 Å². The van der Waals surface area contributed by atoms with Crippen molar-refractivity contribution in [3.05, 3.63) is 92.6 Å². The lowest BCUT2D eigenvalue weighted by Crippen LogP contribution is -2.25. The number of hydrogen-bond donors (Lipinski definition) is 2. The molecular weight excluding hydrogens is 555 g/mol. The summed E-state index contributed by atoms with van der Waals surface area (Å²) in [5.41, 5.74) is 4.51. The number of benzene rings is 2. The number of aryl methyl sites for hydroxylation is 2. The van der Waals surface area contributed by atoms with Crippen LogP contribution in [0.5, 0.6) is 0 Å². The fraction of sp³-hybridized carbons (Fsp3) is 0.185. The Morgan fingerprint density at radius 2 is 1.90 bits per heavy atom. The molecule has 1 aliphatic heterocycles. The number of fused-ring (bicyclic) bond motifs is 1. The molecule has 4 heterocycles. The van der Waals surface area contributed by atoms with Crippen LogP contribution in [0.1, 0.15) is 29.8 Å². The van der Waals surface area contributed by atoms with Crippen molar-refractivity contribution in [2.45, 2.75) is 25.8 Å². The monoisotopic (exact) mass is 576 g/mol. The molecule has 0 fully saturated rings. The largest absolute Gasteiger partial charge is 0.465 e. The Morgan fingerprint density at radius 1 is 1.12 bits per heavy atom. The molecule has 0 saturated carbocycles. The summed E-state index contributed by atoms with van der Waals surface area (Å²) >= 11 is 12.3. The fourth-order valence-electron chi connectivity index (χ4n) is 4.99. The molecule has 0 unspecified atom stereocenters. The van der Waals surface area contributed by atoms with Gasteiger partial charge < -0.3 is 10.1 Å². The van der Waals surface area contributed by atoms with Crippen LogP contribution in [0.4, 0.5) is 10.5 Å². The third kappa shape index (κ3) is 4.52. The average molecular weight is 577 g/mol. The third-order valence-corrected chi connectivity index (χ3v) is 7.37. The molecule has 0 saturated heterocycles. The van der Waals surface area contributed by atoms with E-state index in [1.54, 1.807) is 41.1 Å². The van der Waals surface area contributed by atoms with Gasteiger partial charge in [-0.05, 0) is 43.7 Å². The van der Waals surface area contributed by atoms with Crippen molar-refractivity contribution < 1.29 is 9.90 Å². The fourth-order valence-corrected chi connectivity index (χ4v) is 5.29. The van der Waals surface area contributed by atoms with Gasteiger partial charge in [-0.1, -0.05) is 40.5 Å². The van der Waals surface area contributed by atoms with Gasteiger partial charge in [0.1, 0.15) is 11.6 Å². The van der Waals surface area contributed by atoms with Crippen LogP contribution in [0.15, 0.2) is 59.5 Å². The minimum atomic E-state index is -1.04. The average Bonchev–Trinajstić information content (AvgIpc) is 3.66. The molecule has 0 radical (unpaired) electrons. The Bertz CT molecular complexity index is 1830. The standard InChI is InChI=1S/C27H22Cl2N8O3/c1-14-25(15-3-6-17(7-4-15)35(2)27(39)40)32-26(30-14)21-9-10-23-31-19(12-24(38)37(21)23)18-11-16(28)5-8-20(18)36-13-22(29)33-34-36/h3-8,11-13,21H,9-10H2,1-2H3,(H,30,32)(H,39,40)/t21-/m0/s1. The van der Waals surface area contributed by atoms with Crippen molar-refractivity contribution in [3.8, 4) is 28.2 Å². The van der Waals surface area contributed by atoms with E-state index in [9.17, 15) is 14.7 Å². The highest BCUT2D eigenvalue weighted by Gasteiger charge is 2.30. The van der Waals surface area contributed by atoms with Gasteiger partial charge in [0, 0.05) is 47.1 Å². The van der Waals surface area contributed by atoms with Crippen LogP contribution in [0.2, 0.25) is 10.2 Å². The van der Waals surface area contributed by atoms with E-state index in [-0.39, 0.29) is 16.8 Å². The van der Waals surface area contributed by atoms with Crippen molar-refractivity contribution in [1.82, 2.24) is 34.5 Å². The van der Waals surface area contributed by atoms with Crippen LogP contribution in [0.25, 0.3) is 28.2 Å². The second kappa shape index (κ2) is 9.92. The topological polar surface area (TPSA) is 135 Å². The van der Waals surface area contributed by atoms with Gasteiger partial charge in [-0.25, -0.2) is 19.4 Å². The SMILES string of the molecule is Cc1[nH]c([C@@H]2CCc3nc(-c4cc(Cl)ccc4-n4cc(Cl)nn4)cc(=O)n32)nc1-c1ccc(N(C)C(=O)O)cc1. The summed E-state index contributed by atoms with van der Waals surface area (Å²) in [6.45, 7) is 1.92. The second-order valence-corrected chi connectivity index (χ2v) is 10.3. The van der Waals surface area contributed by atoms with Gasteiger partial charge in [-0.15, -0.1) is 5.10 Å². The van der Waals surface area contributed by atoms with Crippen LogP contribution in [-0.4, -0.2) is 52.8 Å². The molecule has 1 amide bonds. The molecule has 1 atom stereocenters. The van der Waals surface area contributed by atoms with E-state index in [1.165, 1.54) is 17.8 Å². The highest BCUT2D eigenvalue weighted by Crippen LogP contribution is 2.34. The van der Waals surface area contributed by atoms with Crippen molar-refractivity contribution in [2.24, 2.45) is 0 Å². The van der Waals surface area contributed by atoms with E-state index in [4.69, 9.17) is 33.2 Å². The zero-order chi connectivity index (χ0) is 28.1. The number of hydrogen-bond acceptors (Lipinski definition) is 6. The van der Waals surface area contributed by atoms with Crippen LogP contribution >= 0.6 is 23.2 Å².